The predicted octanol–water partition coefficient (Wildman–Crippen LogP) is 3.59. The van der Waals surface area contributed by atoms with Crippen molar-refractivity contribution in [1.82, 2.24) is 19.3 Å². The maximum Gasteiger partial charge on any atom is 0.420 e. The molecule has 1 unspecified atom stereocenters. The van der Waals surface area contributed by atoms with E-state index in [0.717, 1.165) is 38.1 Å². The van der Waals surface area contributed by atoms with Crippen LogP contribution in [0, 0.1) is 6.92 Å². The average Bonchev–Trinajstić information content (AvgIpc) is 3.37. The maximum absolute atomic E-state index is 13.5. The molecule has 0 saturated carbocycles. The predicted molar refractivity (Wildman–Crippen MR) is 114 cm³/mol. The lowest BCUT2D eigenvalue weighted by atomic mass is 10.1. The highest BCUT2D eigenvalue weighted by Crippen LogP contribution is 2.34. The molecule has 1 amide bonds. The highest BCUT2D eigenvalue weighted by atomic mass is 19.4. The van der Waals surface area contributed by atoms with Gasteiger partial charge in [-0.1, -0.05) is 0 Å². The van der Waals surface area contributed by atoms with Crippen molar-refractivity contribution in [3.05, 3.63) is 53.6 Å². The first-order valence-corrected chi connectivity index (χ1v) is 10.6. The van der Waals surface area contributed by atoms with E-state index in [1.807, 2.05) is 0 Å². The number of anilines is 2. The van der Waals surface area contributed by atoms with Crippen LogP contribution in [0.25, 0.3) is 5.65 Å². The molecule has 2 saturated heterocycles. The summed E-state index contributed by atoms with van der Waals surface area (Å²) in [4.78, 5) is 25.8. The number of piperazine rings is 1. The number of aryl methyl sites for hydroxylation is 1. The Morgan fingerprint density at radius 2 is 2.03 bits per heavy atom. The first-order valence-electron chi connectivity index (χ1n) is 10.6. The van der Waals surface area contributed by atoms with Crippen molar-refractivity contribution in [2.24, 2.45) is 0 Å². The van der Waals surface area contributed by atoms with Gasteiger partial charge in [0.15, 0.2) is 0 Å². The van der Waals surface area contributed by atoms with Crippen LogP contribution in [0.3, 0.4) is 0 Å². The second-order valence-electron chi connectivity index (χ2n) is 8.39. The summed E-state index contributed by atoms with van der Waals surface area (Å²) in [6.45, 7) is 5.59. The third kappa shape index (κ3) is 3.90. The minimum absolute atomic E-state index is 0.0358. The van der Waals surface area contributed by atoms with Crippen LogP contribution in [-0.4, -0.2) is 57.4 Å². The van der Waals surface area contributed by atoms with Crippen molar-refractivity contribution in [2.45, 2.75) is 32.0 Å². The molecule has 2 aliphatic heterocycles. The highest BCUT2D eigenvalue weighted by molar-refractivity contribution is 6.04. The molecular weight excluding hydrogens is 421 g/mol. The lowest BCUT2D eigenvalue weighted by molar-refractivity contribution is -0.136. The van der Waals surface area contributed by atoms with Crippen LogP contribution < -0.4 is 10.2 Å². The molecule has 168 valence electrons. The number of alkyl halides is 3. The Bertz CT molecular complexity index is 1160. The van der Waals surface area contributed by atoms with Gasteiger partial charge in [0.05, 0.1) is 16.9 Å². The Kier molecular flexibility index (Phi) is 5.04. The first-order chi connectivity index (χ1) is 15.3. The molecule has 2 aliphatic rings. The Morgan fingerprint density at radius 1 is 1.19 bits per heavy atom. The third-order valence-electron chi connectivity index (χ3n) is 6.16. The summed E-state index contributed by atoms with van der Waals surface area (Å²) in [6, 6.07) is 4.91. The number of fused-ring (bicyclic) bond motifs is 2. The molecule has 5 heterocycles. The first kappa shape index (κ1) is 20.7. The number of aromatic nitrogens is 3. The molecule has 3 aromatic rings. The average molecular weight is 444 g/mol. The molecule has 7 nitrogen and oxygen atoms in total. The van der Waals surface area contributed by atoms with E-state index in [1.165, 1.54) is 35.8 Å². The number of carbonyl (C=O) groups is 1. The smallest absolute Gasteiger partial charge is 0.354 e. The zero-order valence-corrected chi connectivity index (χ0v) is 17.6. The quantitative estimate of drug-likeness (QED) is 0.669. The number of nitrogens with one attached hydrogen (secondary N) is 1. The molecule has 3 aromatic heterocycles. The largest absolute Gasteiger partial charge is 0.420 e. The number of hydrogen-bond acceptors (Lipinski definition) is 5. The van der Waals surface area contributed by atoms with Crippen LogP contribution in [0.5, 0.6) is 0 Å². The monoisotopic (exact) mass is 444 g/mol. The van der Waals surface area contributed by atoms with Crippen LogP contribution in [0.1, 0.15) is 34.5 Å². The van der Waals surface area contributed by atoms with Gasteiger partial charge in [0.2, 0.25) is 0 Å². The van der Waals surface area contributed by atoms with E-state index < -0.39 is 17.6 Å². The maximum atomic E-state index is 13.5. The lowest BCUT2D eigenvalue weighted by Gasteiger charge is -2.38. The number of carbonyl (C=O) groups excluding carboxylic acids is 1. The summed E-state index contributed by atoms with van der Waals surface area (Å²) in [5.74, 6) is 0.289. The van der Waals surface area contributed by atoms with E-state index in [-0.39, 0.29) is 16.9 Å². The lowest BCUT2D eigenvalue weighted by Crippen LogP contribution is -2.50. The van der Waals surface area contributed by atoms with Gasteiger partial charge in [-0.3, -0.25) is 9.69 Å². The zero-order valence-electron chi connectivity index (χ0n) is 17.6. The molecule has 10 heteroatoms. The summed E-state index contributed by atoms with van der Waals surface area (Å²) in [5.41, 5.74) is -0.320. The van der Waals surface area contributed by atoms with Crippen molar-refractivity contribution in [2.75, 3.05) is 36.4 Å². The number of rotatable bonds is 3. The van der Waals surface area contributed by atoms with Crippen molar-refractivity contribution < 1.29 is 18.0 Å². The van der Waals surface area contributed by atoms with Gasteiger partial charge in [-0.05, 0) is 44.5 Å². The van der Waals surface area contributed by atoms with Crippen LogP contribution in [0.4, 0.5) is 24.7 Å². The summed E-state index contributed by atoms with van der Waals surface area (Å²) < 4.78 is 41.7. The summed E-state index contributed by atoms with van der Waals surface area (Å²) in [7, 11) is 0. The SMILES string of the molecule is Cc1cn2cc(NC(=O)c3ccc(N4CCN5CCCC5C4)nc3)cc(C(F)(F)F)c2n1. The number of imidazole rings is 1. The Morgan fingerprint density at radius 3 is 2.78 bits per heavy atom. The fourth-order valence-corrected chi connectivity index (χ4v) is 4.61. The second-order valence-corrected chi connectivity index (χ2v) is 8.39. The molecule has 0 radical (unpaired) electrons. The van der Waals surface area contributed by atoms with E-state index in [4.69, 9.17) is 0 Å². The number of pyridine rings is 2. The number of nitrogens with zero attached hydrogens (tertiary/aromatic N) is 5. The number of hydrogen-bond donors (Lipinski definition) is 1. The standard InChI is InChI=1S/C22H23F3N6O/c1-14-11-31-12-16(9-18(20(31)27-14)22(23,24)25)28-21(32)15-4-5-19(26-10-15)30-8-7-29-6-2-3-17(29)13-30/h4-5,9-12,17H,2-3,6-8,13H2,1H3,(H,28,32). The van der Waals surface area contributed by atoms with Crippen molar-refractivity contribution in [3.8, 4) is 0 Å². The highest BCUT2D eigenvalue weighted by Gasteiger charge is 2.35. The van der Waals surface area contributed by atoms with Crippen LogP contribution in [0.15, 0.2) is 36.8 Å². The molecule has 0 aromatic carbocycles. The molecule has 0 spiro atoms. The van der Waals surface area contributed by atoms with Crippen LogP contribution in [0.2, 0.25) is 0 Å². The summed E-state index contributed by atoms with van der Waals surface area (Å²) >= 11 is 0. The Labute approximate surface area is 182 Å². The van der Waals surface area contributed by atoms with E-state index in [1.54, 1.807) is 19.1 Å². The molecule has 5 rings (SSSR count). The van der Waals surface area contributed by atoms with Gasteiger partial charge in [0.1, 0.15) is 17.0 Å². The zero-order chi connectivity index (χ0) is 22.5. The van der Waals surface area contributed by atoms with Gasteiger partial charge in [-0.15, -0.1) is 0 Å². The Hall–Kier alpha value is -3.14. The van der Waals surface area contributed by atoms with E-state index in [2.05, 4.69) is 25.1 Å². The third-order valence-corrected chi connectivity index (χ3v) is 6.16. The fraction of sp³-hybridized carbons (Fsp3) is 0.409. The van der Waals surface area contributed by atoms with Gasteiger partial charge < -0.3 is 14.6 Å². The van der Waals surface area contributed by atoms with Gasteiger partial charge in [-0.25, -0.2) is 9.97 Å². The fourth-order valence-electron chi connectivity index (χ4n) is 4.61. The summed E-state index contributed by atoms with van der Waals surface area (Å²) in [6.07, 6.45) is 2.21. The van der Waals surface area contributed by atoms with Crippen LogP contribution >= 0.6 is 0 Å². The van der Waals surface area contributed by atoms with E-state index in [9.17, 15) is 18.0 Å². The van der Waals surface area contributed by atoms with Gasteiger partial charge in [0.25, 0.3) is 5.91 Å². The number of halogens is 3. The summed E-state index contributed by atoms with van der Waals surface area (Å²) in [5, 5.41) is 2.55. The molecule has 32 heavy (non-hydrogen) atoms. The van der Waals surface area contributed by atoms with Crippen molar-refractivity contribution in [3.63, 3.8) is 0 Å². The van der Waals surface area contributed by atoms with Gasteiger partial charge >= 0.3 is 6.18 Å². The van der Waals surface area contributed by atoms with Crippen LogP contribution in [-0.2, 0) is 6.18 Å². The van der Waals surface area contributed by atoms with Crippen molar-refractivity contribution >= 4 is 23.1 Å². The Balaban J connectivity index is 1.33. The van der Waals surface area contributed by atoms with E-state index in [0.29, 0.717) is 11.7 Å². The molecule has 0 bridgehead atoms. The molecular formula is C22H23F3N6O. The van der Waals surface area contributed by atoms with Gasteiger partial charge in [0, 0.05) is 44.3 Å². The van der Waals surface area contributed by atoms with E-state index >= 15 is 0 Å². The second kappa shape index (κ2) is 7.77. The molecule has 1 N–H and O–H groups in total. The minimum atomic E-state index is -4.59. The van der Waals surface area contributed by atoms with Gasteiger partial charge in [-0.2, -0.15) is 13.2 Å². The molecule has 0 aliphatic carbocycles. The number of amides is 1. The minimum Gasteiger partial charge on any atom is -0.354 e. The molecule has 1 atom stereocenters. The van der Waals surface area contributed by atoms with Crippen molar-refractivity contribution in [1.29, 1.82) is 0 Å². The molecule has 2 fully saturated rings. The topological polar surface area (TPSA) is 65.8 Å². The normalized spacial score (nSPS) is 19.4.